The maximum atomic E-state index is 9.56. The molecule has 0 rings (SSSR count). The highest BCUT2D eigenvalue weighted by atomic mass is 16.1. The Labute approximate surface area is 110 Å². The van der Waals surface area contributed by atoms with Crippen LogP contribution in [0.15, 0.2) is 9.98 Å². The van der Waals surface area contributed by atoms with Crippen molar-refractivity contribution in [2.24, 2.45) is 9.98 Å². The molecule has 5 heteroatoms. The zero-order chi connectivity index (χ0) is 14.1. The normalized spacial score (nSPS) is 8.89. The number of aliphatic imine (C=N–C) groups is 2. The molecule has 0 radical (unpaired) electrons. The van der Waals surface area contributed by atoms with Crippen LogP contribution in [0.2, 0.25) is 0 Å². The minimum Gasteiger partial charge on any atom is -0.309 e. The number of aldehydes is 2. The van der Waals surface area contributed by atoms with Gasteiger partial charge in [0.1, 0.15) is 12.6 Å². The van der Waals surface area contributed by atoms with E-state index in [4.69, 9.17) is 0 Å². The summed E-state index contributed by atoms with van der Waals surface area (Å²) in [5, 5.41) is 0. The van der Waals surface area contributed by atoms with Gasteiger partial charge >= 0.3 is 0 Å². The highest BCUT2D eigenvalue weighted by molar-refractivity contribution is 5.52. The Morgan fingerprint density at radius 1 is 1.06 bits per heavy atom. The standard InChI is InChI=1S/C8H17N3.C5H8O2/c1-4-9-8-10-6-5-7-11(2)3;6-4-2-1-3-5-7/h4-7H2,1-3H3;4-5H,1-3H2. The number of rotatable bonds is 9. The van der Waals surface area contributed by atoms with E-state index in [0.717, 1.165) is 38.6 Å². The summed E-state index contributed by atoms with van der Waals surface area (Å²) in [7, 11) is 4.12. The van der Waals surface area contributed by atoms with E-state index in [-0.39, 0.29) is 0 Å². The van der Waals surface area contributed by atoms with Crippen LogP contribution in [-0.2, 0) is 9.59 Å². The van der Waals surface area contributed by atoms with Gasteiger partial charge in [-0.1, -0.05) is 0 Å². The summed E-state index contributed by atoms with van der Waals surface area (Å²) in [6, 6.07) is 2.64. The average Bonchev–Trinajstić information content (AvgIpc) is 2.35. The molecule has 0 saturated heterocycles. The third-order valence-corrected chi connectivity index (χ3v) is 1.82. The van der Waals surface area contributed by atoms with Crippen LogP contribution >= 0.6 is 0 Å². The van der Waals surface area contributed by atoms with Crippen molar-refractivity contribution < 1.29 is 9.59 Å². The molecule has 0 aromatic carbocycles. The number of carbonyl (C=O) groups is 2. The van der Waals surface area contributed by atoms with E-state index in [1.54, 1.807) is 0 Å². The maximum absolute atomic E-state index is 9.56. The van der Waals surface area contributed by atoms with Gasteiger partial charge in [0.25, 0.3) is 0 Å². The lowest BCUT2D eigenvalue weighted by Gasteiger charge is -2.05. The minimum absolute atomic E-state index is 0.513. The second kappa shape index (κ2) is 18.1. The molecule has 0 fully saturated rings. The first kappa shape index (κ1) is 19.0. The highest BCUT2D eigenvalue weighted by Crippen LogP contribution is 1.85. The molecule has 0 amide bonds. The van der Waals surface area contributed by atoms with Crippen LogP contribution in [0.1, 0.15) is 32.6 Å². The van der Waals surface area contributed by atoms with Crippen LogP contribution in [0.5, 0.6) is 0 Å². The molecule has 0 heterocycles. The van der Waals surface area contributed by atoms with Crippen molar-refractivity contribution in [3.63, 3.8) is 0 Å². The molecular formula is C13H25N3O2. The van der Waals surface area contributed by atoms with Crippen molar-refractivity contribution in [3.05, 3.63) is 0 Å². The van der Waals surface area contributed by atoms with E-state index in [1.807, 2.05) is 6.92 Å². The molecule has 0 aromatic heterocycles. The largest absolute Gasteiger partial charge is 0.309 e. The summed E-state index contributed by atoms with van der Waals surface area (Å²) in [5.74, 6) is 0. The van der Waals surface area contributed by atoms with Crippen molar-refractivity contribution in [1.29, 1.82) is 0 Å². The second-order valence-corrected chi connectivity index (χ2v) is 3.88. The molecule has 0 unspecified atom stereocenters. The molecule has 0 spiro atoms. The van der Waals surface area contributed by atoms with Gasteiger partial charge in [-0.05, 0) is 40.4 Å². The van der Waals surface area contributed by atoms with Crippen LogP contribution in [0.3, 0.4) is 0 Å². The molecular weight excluding hydrogens is 230 g/mol. The molecule has 0 bridgehead atoms. The van der Waals surface area contributed by atoms with E-state index in [9.17, 15) is 9.59 Å². The van der Waals surface area contributed by atoms with Crippen LogP contribution < -0.4 is 0 Å². The number of hydrogen-bond donors (Lipinski definition) is 0. The number of hydrogen-bond acceptors (Lipinski definition) is 5. The lowest BCUT2D eigenvalue weighted by molar-refractivity contribution is -0.108. The van der Waals surface area contributed by atoms with Crippen molar-refractivity contribution in [2.45, 2.75) is 32.6 Å². The molecule has 0 aromatic rings. The first-order chi connectivity index (χ1) is 8.68. The topological polar surface area (TPSA) is 62.1 Å². The number of carbonyl (C=O) groups excluding carboxylic acids is 2. The SMILES string of the molecule is CCN=C=NCCCN(C)C.O=CCCCC=O. The maximum Gasteiger partial charge on any atom is 0.120 e. The van der Waals surface area contributed by atoms with Crippen LogP contribution in [0.4, 0.5) is 0 Å². The molecule has 5 nitrogen and oxygen atoms in total. The summed E-state index contributed by atoms with van der Waals surface area (Å²) in [6.07, 6.45) is 4.46. The average molecular weight is 255 g/mol. The van der Waals surface area contributed by atoms with Crippen molar-refractivity contribution >= 4 is 18.6 Å². The third-order valence-electron chi connectivity index (χ3n) is 1.82. The van der Waals surface area contributed by atoms with Gasteiger partial charge in [-0.15, -0.1) is 0 Å². The lowest BCUT2D eigenvalue weighted by Crippen LogP contribution is -2.13. The Balaban J connectivity index is 0. The summed E-state index contributed by atoms with van der Waals surface area (Å²) in [4.78, 5) is 29.1. The Morgan fingerprint density at radius 2 is 1.67 bits per heavy atom. The summed E-state index contributed by atoms with van der Waals surface area (Å²) < 4.78 is 0. The van der Waals surface area contributed by atoms with E-state index < -0.39 is 0 Å². The Bertz CT molecular complexity index is 239. The fraction of sp³-hybridized carbons (Fsp3) is 0.769. The molecule has 0 aliphatic carbocycles. The van der Waals surface area contributed by atoms with Crippen LogP contribution in [0, 0.1) is 0 Å². The number of nitrogens with zero attached hydrogens (tertiary/aromatic N) is 3. The van der Waals surface area contributed by atoms with E-state index >= 15 is 0 Å². The first-order valence-corrected chi connectivity index (χ1v) is 6.29. The first-order valence-electron chi connectivity index (χ1n) is 6.29. The van der Waals surface area contributed by atoms with Crippen LogP contribution in [-0.4, -0.2) is 57.2 Å². The summed E-state index contributed by atoms with van der Waals surface area (Å²) in [6.45, 7) is 4.67. The minimum atomic E-state index is 0.513. The Morgan fingerprint density at radius 3 is 2.11 bits per heavy atom. The highest BCUT2D eigenvalue weighted by Gasteiger charge is 1.86. The number of unbranched alkanes of at least 4 members (excludes halogenated alkanes) is 2. The van der Waals surface area contributed by atoms with Gasteiger partial charge in [-0.2, -0.15) is 0 Å². The predicted octanol–water partition coefficient (Wildman–Crippen LogP) is 1.69. The summed E-state index contributed by atoms with van der Waals surface area (Å²) in [5.41, 5.74) is 0. The van der Waals surface area contributed by atoms with Crippen molar-refractivity contribution in [1.82, 2.24) is 4.90 Å². The van der Waals surface area contributed by atoms with E-state index in [2.05, 4.69) is 35.0 Å². The van der Waals surface area contributed by atoms with E-state index in [1.165, 1.54) is 0 Å². The second-order valence-electron chi connectivity index (χ2n) is 3.88. The zero-order valence-electron chi connectivity index (χ0n) is 11.8. The van der Waals surface area contributed by atoms with Crippen LogP contribution in [0.25, 0.3) is 0 Å². The molecule has 0 atom stereocenters. The third kappa shape index (κ3) is 24.1. The predicted molar refractivity (Wildman–Crippen MR) is 74.4 cm³/mol. The monoisotopic (exact) mass is 255 g/mol. The molecule has 0 aliphatic heterocycles. The van der Waals surface area contributed by atoms with Gasteiger partial charge in [0.05, 0.1) is 12.6 Å². The van der Waals surface area contributed by atoms with Gasteiger partial charge in [0, 0.05) is 19.4 Å². The van der Waals surface area contributed by atoms with Gasteiger partial charge in [0.15, 0.2) is 0 Å². The van der Waals surface area contributed by atoms with Crippen molar-refractivity contribution in [2.75, 3.05) is 33.7 Å². The van der Waals surface area contributed by atoms with Gasteiger partial charge in [-0.25, -0.2) is 9.98 Å². The van der Waals surface area contributed by atoms with E-state index in [0.29, 0.717) is 19.3 Å². The molecule has 104 valence electrons. The molecule has 0 aliphatic rings. The summed E-state index contributed by atoms with van der Waals surface area (Å²) >= 11 is 0. The lowest BCUT2D eigenvalue weighted by atomic mass is 10.3. The van der Waals surface area contributed by atoms with Crippen molar-refractivity contribution in [3.8, 4) is 0 Å². The fourth-order valence-electron chi connectivity index (χ4n) is 0.921. The Hall–Kier alpha value is -1.32. The molecule has 0 N–H and O–H groups in total. The van der Waals surface area contributed by atoms with Gasteiger partial charge < -0.3 is 14.5 Å². The Kier molecular flexibility index (Phi) is 19.1. The van der Waals surface area contributed by atoms with Gasteiger partial charge in [0.2, 0.25) is 0 Å². The molecule has 18 heavy (non-hydrogen) atoms. The van der Waals surface area contributed by atoms with Gasteiger partial charge in [-0.3, -0.25) is 0 Å². The molecule has 0 saturated carbocycles. The smallest absolute Gasteiger partial charge is 0.120 e. The quantitative estimate of drug-likeness (QED) is 0.358. The zero-order valence-corrected chi connectivity index (χ0v) is 11.8. The fourth-order valence-corrected chi connectivity index (χ4v) is 0.921.